The highest BCUT2D eigenvalue weighted by Crippen LogP contribution is 2.31. The maximum absolute atomic E-state index is 12.3. The second-order valence-electron chi connectivity index (χ2n) is 5.65. The Kier molecular flexibility index (Phi) is 4.76. The summed E-state index contributed by atoms with van der Waals surface area (Å²) in [5.41, 5.74) is 9.96. The van der Waals surface area contributed by atoms with Crippen molar-refractivity contribution >= 4 is 34.7 Å². The van der Waals surface area contributed by atoms with Crippen LogP contribution in [0.5, 0.6) is 0 Å². The smallest absolute Gasteiger partial charge is 0.243 e. The lowest BCUT2D eigenvalue weighted by Gasteiger charge is -2.31. The van der Waals surface area contributed by atoms with Gasteiger partial charge in [0.05, 0.1) is 6.54 Å². The number of nitrogen functional groups attached to an aromatic ring is 1. The van der Waals surface area contributed by atoms with Crippen molar-refractivity contribution in [2.24, 2.45) is 0 Å². The van der Waals surface area contributed by atoms with Crippen molar-refractivity contribution in [1.82, 2.24) is 0 Å². The van der Waals surface area contributed by atoms with Crippen LogP contribution in [0.3, 0.4) is 0 Å². The molecule has 1 heterocycles. The Bertz CT molecular complexity index is 700. The van der Waals surface area contributed by atoms with Gasteiger partial charge in [-0.15, -0.1) is 11.8 Å². The maximum atomic E-state index is 12.3. The van der Waals surface area contributed by atoms with Crippen molar-refractivity contribution in [3.05, 3.63) is 48.0 Å². The van der Waals surface area contributed by atoms with Gasteiger partial charge in [-0.2, -0.15) is 0 Å². The highest BCUT2D eigenvalue weighted by atomic mass is 32.2. The molecular formula is C18H21N3OS. The standard InChI is InChI=1S/C18H21N3OS/c1-23-14-9-7-13(8-10-14)20-18(22)12-21-11-3-4-15-16(19)5-2-6-17(15)21/h2,5-10H,3-4,11-12,19H2,1H3,(H,20,22). The van der Waals surface area contributed by atoms with E-state index in [2.05, 4.69) is 10.2 Å². The lowest BCUT2D eigenvalue weighted by atomic mass is 10.00. The van der Waals surface area contributed by atoms with Crippen LogP contribution in [0.1, 0.15) is 12.0 Å². The minimum absolute atomic E-state index is 0.00261. The highest BCUT2D eigenvalue weighted by Gasteiger charge is 2.20. The summed E-state index contributed by atoms with van der Waals surface area (Å²) >= 11 is 1.69. The minimum atomic E-state index is -0.00261. The maximum Gasteiger partial charge on any atom is 0.243 e. The van der Waals surface area contributed by atoms with E-state index in [1.54, 1.807) is 11.8 Å². The van der Waals surface area contributed by atoms with Gasteiger partial charge in [-0.3, -0.25) is 4.79 Å². The van der Waals surface area contributed by atoms with Gasteiger partial charge in [0.1, 0.15) is 0 Å². The second-order valence-corrected chi connectivity index (χ2v) is 6.53. The fraction of sp³-hybridized carbons (Fsp3) is 0.278. The summed E-state index contributed by atoms with van der Waals surface area (Å²) in [7, 11) is 0. The quantitative estimate of drug-likeness (QED) is 0.668. The number of nitrogens with two attached hydrogens (primary N) is 1. The third-order valence-electron chi connectivity index (χ3n) is 4.09. The molecule has 3 N–H and O–H groups in total. The van der Waals surface area contributed by atoms with Crippen molar-refractivity contribution in [2.45, 2.75) is 17.7 Å². The van der Waals surface area contributed by atoms with Crippen LogP contribution in [0.15, 0.2) is 47.4 Å². The molecule has 0 atom stereocenters. The molecule has 2 aromatic carbocycles. The summed E-state index contributed by atoms with van der Waals surface area (Å²) in [6, 6.07) is 13.8. The number of amides is 1. The van der Waals surface area contributed by atoms with Crippen LogP contribution in [-0.2, 0) is 11.2 Å². The van der Waals surface area contributed by atoms with Crippen LogP contribution < -0.4 is 16.0 Å². The second kappa shape index (κ2) is 6.96. The summed E-state index contributed by atoms with van der Waals surface area (Å²) in [6.07, 6.45) is 4.04. The third-order valence-corrected chi connectivity index (χ3v) is 4.83. The highest BCUT2D eigenvalue weighted by molar-refractivity contribution is 7.98. The molecule has 0 fully saturated rings. The topological polar surface area (TPSA) is 58.4 Å². The lowest BCUT2D eigenvalue weighted by molar-refractivity contribution is -0.115. The molecule has 2 aromatic rings. The summed E-state index contributed by atoms with van der Waals surface area (Å²) < 4.78 is 0. The van der Waals surface area contributed by atoms with Gasteiger partial charge in [0.25, 0.3) is 0 Å². The van der Waals surface area contributed by atoms with Crippen molar-refractivity contribution in [3.63, 3.8) is 0 Å². The van der Waals surface area contributed by atoms with Gasteiger partial charge in [0.15, 0.2) is 0 Å². The third kappa shape index (κ3) is 3.62. The first-order valence-corrected chi connectivity index (χ1v) is 8.96. The van der Waals surface area contributed by atoms with Crippen molar-refractivity contribution < 1.29 is 4.79 Å². The molecule has 0 saturated carbocycles. The van der Waals surface area contributed by atoms with Crippen molar-refractivity contribution in [1.29, 1.82) is 0 Å². The Balaban J connectivity index is 1.68. The molecule has 3 rings (SSSR count). The molecule has 1 aliphatic heterocycles. The molecule has 0 bridgehead atoms. The predicted molar refractivity (Wildman–Crippen MR) is 98.2 cm³/mol. The Labute approximate surface area is 141 Å². The van der Waals surface area contributed by atoms with Crippen molar-refractivity contribution in [2.75, 3.05) is 35.3 Å². The number of nitrogens with one attached hydrogen (secondary N) is 1. The Morgan fingerprint density at radius 1 is 1.26 bits per heavy atom. The van der Waals surface area contributed by atoms with E-state index >= 15 is 0 Å². The average Bonchev–Trinajstić information content (AvgIpc) is 2.56. The van der Waals surface area contributed by atoms with Gasteiger partial charge in [-0.25, -0.2) is 0 Å². The van der Waals surface area contributed by atoms with Crippen LogP contribution >= 0.6 is 11.8 Å². The molecule has 0 saturated heterocycles. The average molecular weight is 327 g/mol. The first-order chi connectivity index (χ1) is 11.2. The molecule has 4 nitrogen and oxygen atoms in total. The molecule has 0 unspecified atom stereocenters. The summed E-state index contributed by atoms with van der Waals surface area (Å²) in [6.45, 7) is 1.23. The zero-order valence-corrected chi connectivity index (χ0v) is 14.0. The Morgan fingerprint density at radius 3 is 2.78 bits per heavy atom. The predicted octanol–water partition coefficient (Wildman–Crippen LogP) is 3.38. The molecule has 23 heavy (non-hydrogen) atoms. The van der Waals surface area contributed by atoms with Crippen LogP contribution in [0, 0.1) is 0 Å². The molecule has 120 valence electrons. The van der Waals surface area contributed by atoms with Gasteiger partial charge in [-0.05, 0) is 61.1 Å². The van der Waals surface area contributed by atoms with Gasteiger partial charge < -0.3 is 16.0 Å². The number of fused-ring (bicyclic) bond motifs is 1. The Hall–Kier alpha value is -2.14. The summed E-state index contributed by atoms with van der Waals surface area (Å²) in [5, 5.41) is 2.96. The minimum Gasteiger partial charge on any atom is -0.398 e. The van der Waals surface area contributed by atoms with E-state index in [0.29, 0.717) is 6.54 Å². The number of hydrogen-bond donors (Lipinski definition) is 2. The van der Waals surface area contributed by atoms with Crippen LogP contribution in [0.25, 0.3) is 0 Å². The van der Waals surface area contributed by atoms with E-state index in [0.717, 1.165) is 42.0 Å². The largest absolute Gasteiger partial charge is 0.398 e. The molecule has 0 aliphatic carbocycles. The molecule has 0 radical (unpaired) electrons. The van der Waals surface area contributed by atoms with Gasteiger partial charge in [0.2, 0.25) is 5.91 Å². The van der Waals surface area contributed by atoms with E-state index < -0.39 is 0 Å². The van der Waals surface area contributed by atoms with Gasteiger partial charge >= 0.3 is 0 Å². The van der Waals surface area contributed by atoms with Crippen LogP contribution in [0.4, 0.5) is 17.1 Å². The van der Waals surface area contributed by atoms with Crippen molar-refractivity contribution in [3.8, 4) is 0 Å². The van der Waals surface area contributed by atoms with E-state index in [1.165, 1.54) is 4.90 Å². The SMILES string of the molecule is CSc1ccc(NC(=O)CN2CCCc3c(N)cccc32)cc1. The number of nitrogens with zero attached hydrogens (tertiary/aromatic N) is 1. The number of thioether (sulfide) groups is 1. The molecule has 1 aliphatic rings. The number of benzene rings is 2. The van der Waals surface area contributed by atoms with Crippen LogP contribution in [-0.4, -0.2) is 25.3 Å². The van der Waals surface area contributed by atoms with E-state index in [-0.39, 0.29) is 5.91 Å². The van der Waals surface area contributed by atoms with Gasteiger partial charge in [0, 0.05) is 28.5 Å². The molecular weight excluding hydrogens is 306 g/mol. The normalized spacial score (nSPS) is 13.5. The number of carbonyl (C=O) groups is 1. The number of hydrogen-bond acceptors (Lipinski definition) is 4. The molecule has 0 aromatic heterocycles. The number of anilines is 3. The van der Waals surface area contributed by atoms with E-state index in [9.17, 15) is 4.79 Å². The lowest BCUT2D eigenvalue weighted by Crippen LogP contribution is -2.37. The van der Waals surface area contributed by atoms with Crippen LogP contribution in [0.2, 0.25) is 0 Å². The summed E-state index contributed by atoms with van der Waals surface area (Å²) in [4.78, 5) is 15.6. The van der Waals surface area contributed by atoms with E-state index in [4.69, 9.17) is 5.73 Å². The van der Waals surface area contributed by atoms with E-state index in [1.807, 2.05) is 48.7 Å². The summed E-state index contributed by atoms with van der Waals surface area (Å²) in [5.74, 6) is -0.00261. The first kappa shape index (κ1) is 15.7. The zero-order chi connectivity index (χ0) is 16.2. The monoisotopic (exact) mass is 327 g/mol. The fourth-order valence-electron chi connectivity index (χ4n) is 2.94. The zero-order valence-electron chi connectivity index (χ0n) is 13.2. The number of carbonyl (C=O) groups excluding carboxylic acids is 1. The molecule has 0 spiro atoms. The number of rotatable bonds is 4. The fourth-order valence-corrected chi connectivity index (χ4v) is 3.35. The Morgan fingerprint density at radius 2 is 2.04 bits per heavy atom. The van der Waals surface area contributed by atoms with Gasteiger partial charge in [-0.1, -0.05) is 6.07 Å². The molecule has 5 heteroatoms. The first-order valence-electron chi connectivity index (χ1n) is 7.73. The molecule has 1 amide bonds.